The van der Waals surface area contributed by atoms with Crippen molar-refractivity contribution >= 4 is 11.6 Å². The van der Waals surface area contributed by atoms with Gasteiger partial charge in [0.15, 0.2) is 5.69 Å². The number of non-ortho nitro benzene ring substituents is 1. The molecule has 0 bridgehead atoms. The molecule has 1 aliphatic rings. The predicted molar refractivity (Wildman–Crippen MR) is 80.4 cm³/mol. The maximum Gasteiger partial charge on any atom is 0.434 e. The molecule has 0 atom stereocenters. The highest BCUT2D eigenvalue weighted by Crippen LogP contribution is 2.34. The molecule has 132 valence electrons. The van der Waals surface area contributed by atoms with Crippen molar-refractivity contribution in [2.45, 2.75) is 19.0 Å². The van der Waals surface area contributed by atoms with Gasteiger partial charge in [-0.2, -0.15) is 18.3 Å². The van der Waals surface area contributed by atoms with Crippen LogP contribution in [0.1, 0.15) is 28.9 Å². The first-order valence-electron chi connectivity index (χ1n) is 7.48. The number of benzene rings is 1. The number of nitro benzene ring substituents is 1. The van der Waals surface area contributed by atoms with E-state index in [2.05, 4.69) is 5.10 Å². The average Bonchev–Trinajstić information content (AvgIpc) is 3.23. The molecule has 1 aliphatic heterocycles. The van der Waals surface area contributed by atoms with Gasteiger partial charge in [0.2, 0.25) is 0 Å². The van der Waals surface area contributed by atoms with Gasteiger partial charge in [0, 0.05) is 25.2 Å². The Labute approximate surface area is 139 Å². The molecule has 2 heterocycles. The highest BCUT2D eigenvalue weighted by Gasteiger charge is 2.41. The first-order chi connectivity index (χ1) is 11.8. The number of halogens is 3. The van der Waals surface area contributed by atoms with Gasteiger partial charge in [-0.3, -0.25) is 14.9 Å². The van der Waals surface area contributed by atoms with Crippen LogP contribution in [0.4, 0.5) is 18.9 Å². The lowest BCUT2D eigenvalue weighted by Crippen LogP contribution is -2.29. The number of rotatable bonds is 3. The molecule has 0 spiro atoms. The van der Waals surface area contributed by atoms with Crippen molar-refractivity contribution in [2.24, 2.45) is 0 Å². The van der Waals surface area contributed by atoms with E-state index in [9.17, 15) is 28.1 Å². The summed E-state index contributed by atoms with van der Waals surface area (Å²) in [5.74, 6) is -0.710. The second-order valence-electron chi connectivity index (χ2n) is 5.59. The number of likely N-dealkylation sites (tertiary alicyclic amines) is 1. The number of aromatic nitrogens is 2. The van der Waals surface area contributed by atoms with Gasteiger partial charge in [0.05, 0.1) is 22.4 Å². The Bertz CT molecular complexity index is 808. The van der Waals surface area contributed by atoms with Crippen LogP contribution in [0.2, 0.25) is 0 Å². The minimum Gasteiger partial charge on any atom is -0.339 e. The summed E-state index contributed by atoms with van der Waals surface area (Å²) < 4.78 is 41.2. The summed E-state index contributed by atoms with van der Waals surface area (Å²) in [7, 11) is 0. The molecule has 0 radical (unpaired) electrons. The van der Waals surface area contributed by atoms with Gasteiger partial charge in [-0.05, 0) is 25.0 Å². The fraction of sp³-hybridized carbons (Fsp3) is 0.333. The Morgan fingerprint density at radius 1 is 1.16 bits per heavy atom. The van der Waals surface area contributed by atoms with Crippen molar-refractivity contribution in [3.05, 3.63) is 51.8 Å². The molecular weight excluding hydrogens is 341 g/mol. The van der Waals surface area contributed by atoms with Crippen LogP contribution in [0.5, 0.6) is 0 Å². The number of hydrogen-bond donors (Lipinski definition) is 0. The van der Waals surface area contributed by atoms with Crippen LogP contribution < -0.4 is 0 Å². The van der Waals surface area contributed by atoms with Gasteiger partial charge in [0.1, 0.15) is 0 Å². The van der Waals surface area contributed by atoms with E-state index in [1.54, 1.807) is 0 Å². The number of carbonyl (C=O) groups is 1. The molecule has 7 nitrogen and oxygen atoms in total. The number of nitro groups is 1. The van der Waals surface area contributed by atoms with Crippen LogP contribution in [0.3, 0.4) is 0 Å². The number of hydrogen-bond acceptors (Lipinski definition) is 4. The SMILES string of the molecule is O=C(c1cnn(-c2ccc([N+](=O)[O-])cc2)c1C(F)(F)F)N1CCCC1. The van der Waals surface area contributed by atoms with Crippen molar-refractivity contribution in [2.75, 3.05) is 13.1 Å². The Morgan fingerprint density at radius 2 is 1.76 bits per heavy atom. The summed E-state index contributed by atoms with van der Waals surface area (Å²) in [5, 5.41) is 14.4. The van der Waals surface area contributed by atoms with E-state index < -0.39 is 28.3 Å². The molecule has 25 heavy (non-hydrogen) atoms. The van der Waals surface area contributed by atoms with Gasteiger partial charge in [-0.15, -0.1) is 0 Å². The molecule has 1 aromatic carbocycles. The minimum absolute atomic E-state index is 0.0154. The van der Waals surface area contributed by atoms with Gasteiger partial charge in [0.25, 0.3) is 11.6 Å². The van der Waals surface area contributed by atoms with Crippen LogP contribution in [-0.4, -0.2) is 38.6 Å². The topological polar surface area (TPSA) is 81.3 Å². The summed E-state index contributed by atoms with van der Waals surface area (Å²) in [6, 6.07) is 4.48. The van der Waals surface area contributed by atoms with Crippen molar-refractivity contribution < 1.29 is 22.9 Å². The fourth-order valence-electron chi connectivity index (χ4n) is 2.78. The Morgan fingerprint density at radius 3 is 2.28 bits per heavy atom. The van der Waals surface area contributed by atoms with E-state index in [0.29, 0.717) is 17.8 Å². The van der Waals surface area contributed by atoms with Gasteiger partial charge >= 0.3 is 6.18 Å². The van der Waals surface area contributed by atoms with E-state index in [-0.39, 0.29) is 11.4 Å². The van der Waals surface area contributed by atoms with Gasteiger partial charge in [-0.25, -0.2) is 4.68 Å². The largest absolute Gasteiger partial charge is 0.434 e. The van der Waals surface area contributed by atoms with Crippen LogP contribution in [-0.2, 0) is 6.18 Å². The number of carbonyl (C=O) groups excluding carboxylic acids is 1. The molecule has 10 heteroatoms. The summed E-state index contributed by atoms with van der Waals surface area (Å²) in [4.78, 5) is 23.8. The van der Waals surface area contributed by atoms with E-state index in [0.717, 1.165) is 43.3 Å². The van der Waals surface area contributed by atoms with Crippen LogP contribution >= 0.6 is 0 Å². The lowest BCUT2D eigenvalue weighted by molar-refractivity contribution is -0.384. The number of alkyl halides is 3. The van der Waals surface area contributed by atoms with Crippen LogP contribution in [0, 0.1) is 10.1 Å². The Kier molecular flexibility index (Phi) is 4.19. The summed E-state index contributed by atoms with van der Waals surface area (Å²) >= 11 is 0. The van der Waals surface area contributed by atoms with E-state index in [1.807, 2.05) is 0 Å². The Balaban J connectivity index is 2.05. The third-order valence-corrected chi connectivity index (χ3v) is 3.97. The molecule has 2 aromatic rings. The average molecular weight is 354 g/mol. The third kappa shape index (κ3) is 3.19. The summed E-state index contributed by atoms with van der Waals surface area (Å²) in [6.45, 7) is 0.831. The van der Waals surface area contributed by atoms with Crippen molar-refractivity contribution in [1.82, 2.24) is 14.7 Å². The van der Waals surface area contributed by atoms with E-state index in [1.165, 1.54) is 4.90 Å². The highest BCUT2D eigenvalue weighted by atomic mass is 19.4. The Hall–Kier alpha value is -2.91. The lowest BCUT2D eigenvalue weighted by atomic mass is 10.2. The quantitative estimate of drug-likeness (QED) is 0.627. The van der Waals surface area contributed by atoms with E-state index >= 15 is 0 Å². The monoisotopic (exact) mass is 354 g/mol. The predicted octanol–water partition coefficient (Wildman–Crippen LogP) is 3.04. The van der Waals surface area contributed by atoms with Crippen molar-refractivity contribution in [3.8, 4) is 5.69 Å². The zero-order chi connectivity index (χ0) is 18.2. The molecule has 0 saturated carbocycles. The summed E-state index contributed by atoms with van der Waals surface area (Å²) in [6.07, 6.45) is -2.40. The highest BCUT2D eigenvalue weighted by molar-refractivity contribution is 5.95. The summed E-state index contributed by atoms with van der Waals surface area (Å²) in [5.41, 5.74) is -1.97. The maximum atomic E-state index is 13.5. The third-order valence-electron chi connectivity index (χ3n) is 3.97. The second-order valence-corrected chi connectivity index (χ2v) is 5.59. The number of nitrogens with zero attached hydrogens (tertiary/aromatic N) is 4. The number of amides is 1. The molecule has 3 rings (SSSR count). The fourth-order valence-corrected chi connectivity index (χ4v) is 2.78. The molecule has 1 amide bonds. The van der Waals surface area contributed by atoms with Crippen LogP contribution in [0.15, 0.2) is 30.5 Å². The molecule has 0 aliphatic carbocycles. The van der Waals surface area contributed by atoms with Crippen LogP contribution in [0.25, 0.3) is 5.69 Å². The molecular formula is C15H13F3N4O3. The molecule has 1 saturated heterocycles. The van der Waals surface area contributed by atoms with Crippen molar-refractivity contribution in [1.29, 1.82) is 0 Å². The first-order valence-corrected chi connectivity index (χ1v) is 7.48. The standard InChI is InChI=1S/C15H13F3N4O3/c16-15(17,18)13-12(14(23)20-7-1-2-8-20)9-19-21(13)10-3-5-11(6-4-10)22(24)25/h3-6,9H,1-2,7-8H2. The molecule has 1 aromatic heterocycles. The minimum atomic E-state index is -4.80. The zero-order valence-corrected chi connectivity index (χ0v) is 12.9. The molecule has 0 N–H and O–H groups in total. The zero-order valence-electron chi connectivity index (χ0n) is 12.9. The first kappa shape index (κ1) is 16.9. The van der Waals surface area contributed by atoms with Crippen molar-refractivity contribution in [3.63, 3.8) is 0 Å². The molecule has 1 fully saturated rings. The van der Waals surface area contributed by atoms with E-state index in [4.69, 9.17) is 0 Å². The molecule has 0 unspecified atom stereocenters. The van der Waals surface area contributed by atoms with Gasteiger partial charge < -0.3 is 4.90 Å². The second kappa shape index (κ2) is 6.19. The normalized spacial score (nSPS) is 14.8. The van der Waals surface area contributed by atoms with Gasteiger partial charge in [-0.1, -0.05) is 0 Å². The lowest BCUT2D eigenvalue weighted by Gasteiger charge is -2.17. The maximum absolute atomic E-state index is 13.5. The smallest absolute Gasteiger partial charge is 0.339 e.